The summed E-state index contributed by atoms with van der Waals surface area (Å²) < 4.78 is 36.8. The molecule has 2 fully saturated rings. The molecule has 136 valence electrons. The van der Waals surface area contributed by atoms with Gasteiger partial charge in [0.05, 0.1) is 17.2 Å². The van der Waals surface area contributed by atoms with Crippen LogP contribution in [0.3, 0.4) is 0 Å². The molecule has 0 bridgehead atoms. The van der Waals surface area contributed by atoms with Gasteiger partial charge in [-0.2, -0.15) is 4.31 Å². The van der Waals surface area contributed by atoms with Gasteiger partial charge in [-0.1, -0.05) is 18.0 Å². The van der Waals surface area contributed by atoms with Crippen LogP contribution in [0.25, 0.3) is 0 Å². The molecule has 1 aromatic rings. The molecule has 0 spiro atoms. The number of benzene rings is 1. The number of rotatable bonds is 4. The average Bonchev–Trinajstić information content (AvgIpc) is 3.00. The van der Waals surface area contributed by atoms with Gasteiger partial charge >= 0.3 is 11.9 Å². The Morgan fingerprint density at radius 1 is 1.24 bits per heavy atom. The van der Waals surface area contributed by atoms with Gasteiger partial charge in [0.2, 0.25) is 16.1 Å². The van der Waals surface area contributed by atoms with Crippen molar-refractivity contribution in [2.75, 3.05) is 19.7 Å². The highest BCUT2D eigenvalue weighted by Gasteiger charge is 2.32. The first-order chi connectivity index (χ1) is 11.9. The summed E-state index contributed by atoms with van der Waals surface area (Å²) in [5.74, 6) is -1.38. The van der Waals surface area contributed by atoms with Crippen LogP contribution in [-0.4, -0.2) is 50.5 Å². The molecule has 3 rings (SSSR count). The summed E-state index contributed by atoms with van der Waals surface area (Å²) in [6, 6.07) is 3.93. The second kappa shape index (κ2) is 7.31. The lowest BCUT2D eigenvalue weighted by Gasteiger charge is -2.26. The minimum atomic E-state index is -3.78. The van der Waals surface area contributed by atoms with Crippen molar-refractivity contribution in [3.8, 4) is 0 Å². The smallest absolute Gasteiger partial charge is 0.347 e. The monoisotopic (exact) mass is 387 g/mol. The van der Waals surface area contributed by atoms with E-state index in [0.717, 1.165) is 19.3 Å². The molecule has 0 N–H and O–H groups in total. The summed E-state index contributed by atoms with van der Waals surface area (Å²) in [5, 5.41) is 0.0439. The van der Waals surface area contributed by atoms with Crippen LogP contribution in [0, 0.1) is 0 Å². The SMILES string of the molecule is O=C(O[C@H]1CCOC1=O)c1ccc(Cl)c(S(=O)(=O)N2CCCCC2)c1. The van der Waals surface area contributed by atoms with Crippen molar-refractivity contribution in [1.29, 1.82) is 0 Å². The number of carbonyl (C=O) groups excluding carboxylic acids is 2. The molecule has 2 saturated heterocycles. The van der Waals surface area contributed by atoms with Gasteiger partial charge in [-0.25, -0.2) is 18.0 Å². The van der Waals surface area contributed by atoms with E-state index in [2.05, 4.69) is 0 Å². The van der Waals surface area contributed by atoms with E-state index in [0.29, 0.717) is 13.1 Å². The van der Waals surface area contributed by atoms with Gasteiger partial charge in [0, 0.05) is 19.5 Å². The number of carbonyl (C=O) groups is 2. The highest BCUT2D eigenvalue weighted by Crippen LogP contribution is 2.28. The number of sulfonamides is 1. The number of halogens is 1. The zero-order valence-corrected chi connectivity index (χ0v) is 15.0. The zero-order valence-electron chi connectivity index (χ0n) is 13.4. The van der Waals surface area contributed by atoms with E-state index in [1.807, 2.05) is 0 Å². The standard InChI is InChI=1S/C16H18ClNO6S/c17-12-5-4-11(15(19)24-13-6-9-23-16(13)20)10-14(12)25(21,22)18-7-2-1-3-8-18/h4-5,10,13H,1-3,6-9H2/t13-/m0/s1. The summed E-state index contributed by atoms with van der Waals surface area (Å²) in [4.78, 5) is 23.5. The summed E-state index contributed by atoms with van der Waals surface area (Å²) in [5.41, 5.74) is 0.0275. The number of piperidine rings is 1. The van der Waals surface area contributed by atoms with E-state index < -0.39 is 28.1 Å². The lowest BCUT2D eigenvalue weighted by atomic mass is 10.2. The van der Waals surface area contributed by atoms with E-state index >= 15 is 0 Å². The fraction of sp³-hybridized carbons (Fsp3) is 0.500. The fourth-order valence-electron chi connectivity index (χ4n) is 2.85. The molecular formula is C16H18ClNO6S. The number of ether oxygens (including phenoxy) is 2. The predicted molar refractivity (Wildman–Crippen MR) is 88.8 cm³/mol. The van der Waals surface area contributed by atoms with Gasteiger partial charge in [-0.15, -0.1) is 0 Å². The van der Waals surface area contributed by atoms with E-state index in [-0.39, 0.29) is 28.5 Å². The van der Waals surface area contributed by atoms with Gasteiger partial charge in [0.25, 0.3) is 0 Å². The van der Waals surface area contributed by atoms with Crippen LogP contribution >= 0.6 is 11.6 Å². The molecule has 7 nitrogen and oxygen atoms in total. The molecule has 9 heteroatoms. The number of cyclic esters (lactones) is 1. The molecule has 1 aromatic carbocycles. The van der Waals surface area contributed by atoms with Crippen molar-refractivity contribution >= 4 is 33.6 Å². The molecule has 25 heavy (non-hydrogen) atoms. The third kappa shape index (κ3) is 3.80. The van der Waals surface area contributed by atoms with Crippen molar-refractivity contribution in [3.63, 3.8) is 0 Å². The van der Waals surface area contributed by atoms with Gasteiger partial charge < -0.3 is 9.47 Å². The van der Waals surface area contributed by atoms with Crippen LogP contribution in [0.15, 0.2) is 23.1 Å². The Morgan fingerprint density at radius 3 is 2.60 bits per heavy atom. The third-order valence-corrected chi connectivity index (χ3v) is 6.62. The quantitative estimate of drug-likeness (QED) is 0.734. The molecule has 2 heterocycles. The Morgan fingerprint density at radius 2 is 1.96 bits per heavy atom. The van der Waals surface area contributed by atoms with Crippen LogP contribution in [0.4, 0.5) is 0 Å². The second-order valence-corrected chi connectivity index (χ2v) is 8.27. The maximum absolute atomic E-state index is 12.8. The molecular weight excluding hydrogens is 370 g/mol. The Kier molecular flexibility index (Phi) is 5.31. The van der Waals surface area contributed by atoms with Gasteiger partial charge in [-0.05, 0) is 31.0 Å². The van der Waals surface area contributed by atoms with E-state index in [4.69, 9.17) is 21.1 Å². The molecule has 0 radical (unpaired) electrons. The Balaban J connectivity index is 1.84. The predicted octanol–water partition coefficient (Wildman–Crippen LogP) is 1.99. The number of nitrogens with zero attached hydrogens (tertiary/aromatic N) is 1. The minimum absolute atomic E-state index is 0.0275. The lowest BCUT2D eigenvalue weighted by Crippen LogP contribution is -2.35. The van der Waals surface area contributed by atoms with Crippen LogP contribution in [0.5, 0.6) is 0 Å². The highest BCUT2D eigenvalue weighted by atomic mass is 35.5. The second-order valence-electron chi connectivity index (χ2n) is 5.96. The van der Waals surface area contributed by atoms with Crippen molar-refractivity contribution in [2.45, 2.75) is 36.7 Å². The Bertz CT molecular complexity index is 788. The fourth-order valence-corrected chi connectivity index (χ4v) is 4.87. The van der Waals surface area contributed by atoms with Crippen molar-refractivity contribution in [1.82, 2.24) is 4.31 Å². The summed E-state index contributed by atoms with van der Waals surface area (Å²) in [7, 11) is -3.78. The molecule has 2 aliphatic rings. The third-order valence-electron chi connectivity index (χ3n) is 4.24. The van der Waals surface area contributed by atoms with E-state index in [9.17, 15) is 18.0 Å². The molecule has 2 aliphatic heterocycles. The first kappa shape index (κ1) is 18.2. The van der Waals surface area contributed by atoms with Crippen LogP contribution in [0.2, 0.25) is 5.02 Å². The molecule has 1 atom stereocenters. The van der Waals surface area contributed by atoms with Gasteiger partial charge in [0.15, 0.2) is 0 Å². The average molecular weight is 388 g/mol. The minimum Gasteiger partial charge on any atom is -0.463 e. The summed E-state index contributed by atoms with van der Waals surface area (Å²) in [6.07, 6.45) is 1.91. The Hall–Kier alpha value is -1.64. The largest absolute Gasteiger partial charge is 0.463 e. The van der Waals surface area contributed by atoms with Crippen molar-refractivity contribution in [3.05, 3.63) is 28.8 Å². The summed E-state index contributed by atoms with van der Waals surface area (Å²) >= 11 is 6.07. The maximum Gasteiger partial charge on any atom is 0.347 e. The first-order valence-corrected chi connectivity index (χ1v) is 9.89. The summed E-state index contributed by atoms with van der Waals surface area (Å²) in [6.45, 7) is 1.06. The van der Waals surface area contributed by atoms with E-state index in [1.54, 1.807) is 0 Å². The number of esters is 2. The molecule has 0 aromatic heterocycles. The zero-order chi connectivity index (χ0) is 18.0. The topological polar surface area (TPSA) is 90.0 Å². The van der Waals surface area contributed by atoms with E-state index in [1.165, 1.54) is 22.5 Å². The normalized spacial score (nSPS) is 21.8. The number of hydrogen-bond acceptors (Lipinski definition) is 6. The van der Waals surface area contributed by atoms with Gasteiger partial charge in [0.1, 0.15) is 4.90 Å². The van der Waals surface area contributed by atoms with Crippen LogP contribution in [0.1, 0.15) is 36.0 Å². The van der Waals surface area contributed by atoms with Gasteiger partial charge in [-0.3, -0.25) is 0 Å². The van der Waals surface area contributed by atoms with Crippen LogP contribution < -0.4 is 0 Å². The molecule has 0 saturated carbocycles. The molecule has 0 amide bonds. The maximum atomic E-state index is 12.8. The first-order valence-electron chi connectivity index (χ1n) is 8.07. The Labute approximate surface area is 150 Å². The lowest BCUT2D eigenvalue weighted by molar-refractivity contribution is -0.145. The van der Waals surface area contributed by atoms with Crippen LogP contribution in [-0.2, 0) is 24.3 Å². The highest BCUT2D eigenvalue weighted by molar-refractivity contribution is 7.89. The number of hydrogen-bond donors (Lipinski definition) is 0. The molecule has 0 unspecified atom stereocenters. The molecule has 0 aliphatic carbocycles. The van der Waals surface area contributed by atoms with Crippen molar-refractivity contribution in [2.24, 2.45) is 0 Å². The van der Waals surface area contributed by atoms with Crippen molar-refractivity contribution < 1.29 is 27.5 Å².